The smallest absolute Gasteiger partial charge is 0.300 e. The van der Waals surface area contributed by atoms with Gasteiger partial charge in [-0.3, -0.25) is 14.5 Å². The number of methoxy groups -OCH3 is 2. The average molecular weight is 572 g/mol. The number of benzene rings is 3. The van der Waals surface area contributed by atoms with Crippen LogP contribution in [0.5, 0.6) is 11.5 Å². The van der Waals surface area contributed by atoms with Crippen LogP contribution in [-0.2, 0) is 16.6 Å². The van der Waals surface area contributed by atoms with E-state index in [4.69, 9.17) is 44.3 Å². The number of carbonyl (C=O) groups is 2. The molecular formula is C28H21Cl3N2O5. The Labute approximate surface area is 233 Å². The van der Waals surface area contributed by atoms with E-state index in [0.29, 0.717) is 16.3 Å². The summed E-state index contributed by atoms with van der Waals surface area (Å²) in [6, 6.07) is 14.6. The average Bonchev–Trinajstić information content (AvgIpc) is 3.36. The number of aromatic nitrogens is 1. The lowest BCUT2D eigenvalue weighted by Crippen LogP contribution is -2.29. The van der Waals surface area contributed by atoms with Crippen molar-refractivity contribution < 1.29 is 24.2 Å². The molecule has 0 bridgehead atoms. The van der Waals surface area contributed by atoms with Crippen LogP contribution < -0.4 is 14.4 Å². The molecule has 10 heteroatoms. The molecule has 0 aliphatic carbocycles. The second-order valence-corrected chi connectivity index (χ2v) is 9.87. The number of nitrogens with zero attached hydrogens (tertiary/aromatic N) is 2. The molecule has 38 heavy (non-hydrogen) atoms. The number of hydrogen-bond acceptors (Lipinski definition) is 5. The second-order valence-electron chi connectivity index (χ2n) is 8.65. The van der Waals surface area contributed by atoms with E-state index in [9.17, 15) is 14.7 Å². The quantitative estimate of drug-likeness (QED) is 0.162. The first-order valence-electron chi connectivity index (χ1n) is 11.4. The molecule has 5 rings (SSSR count). The number of Topliss-reactive ketones (excluding diaryl/α,β-unsaturated/α-hetero) is 1. The summed E-state index contributed by atoms with van der Waals surface area (Å²) in [7, 11) is 4.62. The molecule has 1 aliphatic heterocycles. The Morgan fingerprint density at radius 1 is 0.947 bits per heavy atom. The summed E-state index contributed by atoms with van der Waals surface area (Å²) >= 11 is 19.1. The summed E-state index contributed by atoms with van der Waals surface area (Å²) in [4.78, 5) is 28.5. The first-order valence-corrected chi connectivity index (χ1v) is 12.5. The predicted molar refractivity (Wildman–Crippen MR) is 149 cm³/mol. The summed E-state index contributed by atoms with van der Waals surface area (Å²) in [5, 5.41) is 13.0. The Morgan fingerprint density at radius 3 is 2.34 bits per heavy atom. The summed E-state index contributed by atoms with van der Waals surface area (Å²) in [6.45, 7) is 0. The SMILES string of the molecule is COc1c(Cl)cc(/C(O)=C2\C(=O)C(=O)N(c3cccc(Cl)c3)C2c2cn(C)c3ccccc23)c(OC)c1Cl. The predicted octanol–water partition coefficient (Wildman–Crippen LogP) is 6.78. The Bertz CT molecular complexity index is 1660. The number of carbonyl (C=O) groups excluding carboxylic acids is 2. The molecule has 4 aromatic rings. The van der Waals surface area contributed by atoms with Crippen molar-refractivity contribution in [2.45, 2.75) is 6.04 Å². The van der Waals surface area contributed by atoms with Gasteiger partial charge >= 0.3 is 0 Å². The highest BCUT2D eigenvalue weighted by Gasteiger charge is 2.48. The van der Waals surface area contributed by atoms with Crippen LogP contribution in [0.2, 0.25) is 15.1 Å². The van der Waals surface area contributed by atoms with Crippen molar-refractivity contribution in [3.63, 3.8) is 0 Å². The molecule has 1 atom stereocenters. The number of amides is 1. The lowest BCUT2D eigenvalue weighted by molar-refractivity contribution is -0.132. The fourth-order valence-electron chi connectivity index (χ4n) is 4.90. The fourth-order valence-corrected chi connectivity index (χ4v) is 5.77. The molecule has 194 valence electrons. The van der Waals surface area contributed by atoms with Crippen LogP contribution in [0, 0.1) is 0 Å². The summed E-state index contributed by atoms with van der Waals surface area (Å²) in [5.41, 5.74) is 1.80. The Balaban J connectivity index is 1.85. The monoisotopic (exact) mass is 570 g/mol. The molecule has 0 saturated carbocycles. The molecule has 1 saturated heterocycles. The number of hydrogen-bond donors (Lipinski definition) is 1. The number of ketones is 1. The van der Waals surface area contributed by atoms with E-state index in [1.54, 1.807) is 24.3 Å². The number of anilines is 1. The van der Waals surface area contributed by atoms with Gasteiger partial charge in [0.15, 0.2) is 11.5 Å². The Kier molecular flexibility index (Phi) is 6.77. The number of fused-ring (bicyclic) bond motifs is 1. The van der Waals surface area contributed by atoms with E-state index in [0.717, 1.165) is 10.9 Å². The lowest BCUT2D eigenvalue weighted by Gasteiger charge is -2.25. The lowest BCUT2D eigenvalue weighted by atomic mass is 9.94. The van der Waals surface area contributed by atoms with Gasteiger partial charge in [0.05, 0.1) is 36.4 Å². The number of aliphatic hydroxyl groups excluding tert-OH is 1. The zero-order valence-electron chi connectivity index (χ0n) is 20.5. The van der Waals surface area contributed by atoms with Crippen LogP contribution in [-0.4, -0.2) is 35.6 Å². The molecule has 1 fully saturated rings. The van der Waals surface area contributed by atoms with Crippen LogP contribution in [0.3, 0.4) is 0 Å². The van der Waals surface area contributed by atoms with Crippen molar-refractivity contribution in [1.29, 1.82) is 0 Å². The maximum atomic E-state index is 13.6. The van der Waals surface area contributed by atoms with Crippen molar-refractivity contribution in [3.8, 4) is 11.5 Å². The maximum Gasteiger partial charge on any atom is 0.300 e. The third-order valence-corrected chi connectivity index (χ3v) is 7.41. The van der Waals surface area contributed by atoms with Crippen LogP contribution in [0.25, 0.3) is 16.7 Å². The van der Waals surface area contributed by atoms with Crippen molar-refractivity contribution in [2.75, 3.05) is 19.1 Å². The molecule has 0 radical (unpaired) electrons. The van der Waals surface area contributed by atoms with Crippen molar-refractivity contribution in [1.82, 2.24) is 4.57 Å². The summed E-state index contributed by atoms with van der Waals surface area (Å²) in [6.07, 6.45) is 1.83. The van der Waals surface area contributed by atoms with Crippen LogP contribution in [0.1, 0.15) is 17.2 Å². The van der Waals surface area contributed by atoms with E-state index in [2.05, 4.69) is 0 Å². The van der Waals surface area contributed by atoms with Crippen molar-refractivity contribution in [3.05, 3.63) is 92.6 Å². The zero-order valence-corrected chi connectivity index (χ0v) is 22.7. The molecule has 1 N–H and O–H groups in total. The van der Waals surface area contributed by atoms with E-state index in [1.165, 1.54) is 25.2 Å². The molecular weight excluding hydrogens is 551 g/mol. The molecule has 1 aromatic heterocycles. The van der Waals surface area contributed by atoms with E-state index in [1.807, 2.05) is 42.1 Å². The van der Waals surface area contributed by atoms with E-state index >= 15 is 0 Å². The molecule has 1 aliphatic rings. The van der Waals surface area contributed by atoms with Crippen LogP contribution >= 0.6 is 34.8 Å². The van der Waals surface area contributed by atoms with Crippen LogP contribution in [0.4, 0.5) is 5.69 Å². The number of halogens is 3. The van der Waals surface area contributed by atoms with Gasteiger partial charge in [-0.1, -0.05) is 59.1 Å². The van der Waals surface area contributed by atoms with Gasteiger partial charge in [-0.15, -0.1) is 0 Å². The van der Waals surface area contributed by atoms with Gasteiger partial charge in [-0.05, 0) is 30.3 Å². The highest BCUT2D eigenvalue weighted by Crippen LogP contribution is 2.49. The highest BCUT2D eigenvalue weighted by molar-refractivity contribution is 6.52. The largest absolute Gasteiger partial charge is 0.507 e. The zero-order chi connectivity index (χ0) is 27.3. The minimum atomic E-state index is -0.996. The topological polar surface area (TPSA) is 81.0 Å². The Hall–Kier alpha value is -3.65. The number of para-hydroxylation sites is 1. The fraction of sp³-hybridized carbons (Fsp3) is 0.143. The maximum absolute atomic E-state index is 13.6. The second kappa shape index (κ2) is 9.91. The summed E-state index contributed by atoms with van der Waals surface area (Å²) in [5.74, 6) is -2.01. The van der Waals surface area contributed by atoms with Gasteiger partial charge in [0.2, 0.25) is 0 Å². The number of ether oxygens (including phenoxy) is 2. The molecule has 2 heterocycles. The minimum absolute atomic E-state index is 0.00910. The third-order valence-electron chi connectivity index (χ3n) is 6.55. The van der Waals surface area contributed by atoms with Crippen molar-refractivity contribution >= 4 is 68.8 Å². The van der Waals surface area contributed by atoms with Crippen molar-refractivity contribution in [2.24, 2.45) is 7.05 Å². The van der Waals surface area contributed by atoms with E-state index < -0.39 is 23.5 Å². The van der Waals surface area contributed by atoms with Gasteiger partial charge in [0, 0.05) is 40.4 Å². The van der Waals surface area contributed by atoms with Gasteiger partial charge in [-0.25, -0.2) is 0 Å². The normalized spacial score (nSPS) is 16.9. The number of rotatable bonds is 5. The highest BCUT2D eigenvalue weighted by atomic mass is 35.5. The molecule has 0 spiro atoms. The minimum Gasteiger partial charge on any atom is -0.507 e. The van der Waals surface area contributed by atoms with Gasteiger partial charge in [0.25, 0.3) is 11.7 Å². The Morgan fingerprint density at radius 2 is 1.66 bits per heavy atom. The number of aliphatic hydroxyl groups is 1. The molecule has 1 unspecified atom stereocenters. The van der Waals surface area contributed by atoms with Crippen LogP contribution in [0.15, 0.2) is 66.4 Å². The first-order chi connectivity index (χ1) is 18.2. The standard InChI is InChI=1S/C28H21Cl3N2O5/c1-32-13-18(16-9-4-5-10-20(16)32)23-21(25(35)28(36)33(23)15-8-6-7-14(29)11-15)24(34)17-12-19(30)27(38-3)22(31)26(17)37-2/h4-13,23,34H,1-3H3/b24-21+. The molecule has 7 nitrogen and oxygen atoms in total. The number of aryl methyl sites for hydroxylation is 1. The third kappa shape index (κ3) is 3.98. The van der Waals surface area contributed by atoms with Gasteiger partial charge in [-0.2, -0.15) is 0 Å². The first kappa shape index (κ1) is 26.0. The molecule has 3 aromatic carbocycles. The molecule has 1 amide bonds. The van der Waals surface area contributed by atoms with E-state index in [-0.39, 0.29) is 32.7 Å². The van der Waals surface area contributed by atoms with Gasteiger partial charge < -0.3 is 19.1 Å². The van der Waals surface area contributed by atoms with Gasteiger partial charge in [0.1, 0.15) is 10.8 Å². The summed E-state index contributed by atoms with van der Waals surface area (Å²) < 4.78 is 12.6.